The Morgan fingerprint density at radius 1 is 0.623 bits per heavy atom. The highest BCUT2D eigenvalue weighted by Crippen LogP contribution is 2.50. The lowest BCUT2D eigenvalue weighted by Gasteiger charge is -2.20. The van der Waals surface area contributed by atoms with Crippen molar-refractivity contribution in [3.63, 3.8) is 0 Å². The van der Waals surface area contributed by atoms with Crippen molar-refractivity contribution in [2.45, 2.75) is 19.3 Å². The zero-order valence-electron chi connectivity index (χ0n) is 29.0. The summed E-state index contributed by atoms with van der Waals surface area (Å²) in [6.45, 7) is 2.36. The molecule has 0 saturated carbocycles. The van der Waals surface area contributed by atoms with E-state index in [1.54, 1.807) is 0 Å². The van der Waals surface area contributed by atoms with Gasteiger partial charge in [-0.25, -0.2) is 9.97 Å². The quantitative estimate of drug-likeness (QED) is 0.184. The molecular formula is C48H32N4S. The van der Waals surface area contributed by atoms with Crippen molar-refractivity contribution in [1.82, 2.24) is 19.5 Å². The lowest BCUT2D eigenvalue weighted by molar-refractivity contribution is 0.724. The van der Waals surface area contributed by atoms with Crippen molar-refractivity contribution < 1.29 is 0 Å². The molecule has 0 bridgehead atoms. The molecule has 10 aromatic rings. The van der Waals surface area contributed by atoms with Gasteiger partial charge in [0.15, 0.2) is 5.82 Å². The van der Waals surface area contributed by atoms with Gasteiger partial charge in [-0.2, -0.15) is 0 Å². The molecule has 0 spiro atoms. The van der Waals surface area contributed by atoms with E-state index in [0.717, 1.165) is 40.0 Å². The number of nitrogens with zero attached hydrogens (tertiary/aromatic N) is 4. The van der Waals surface area contributed by atoms with Crippen LogP contribution in [-0.2, 0) is 0 Å². The van der Waals surface area contributed by atoms with Crippen LogP contribution < -0.4 is 0 Å². The summed E-state index contributed by atoms with van der Waals surface area (Å²) in [5.41, 5.74) is 11.9. The Bertz CT molecular complexity index is 3080. The number of thiophene rings is 1. The van der Waals surface area contributed by atoms with E-state index in [9.17, 15) is 0 Å². The van der Waals surface area contributed by atoms with Crippen molar-refractivity contribution in [2.75, 3.05) is 0 Å². The molecule has 1 unspecified atom stereocenters. The predicted molar refractivity (Wildman–Crippen MR) is 223 cm³/mol. The maximum atomic E-state index is 5.18. The van der Waals surface area contributed by atoms with E-state index in [1.807, 2.05) is 35.7 Å². The van der Waals surface area contributed by atoms with Gasteiger partial charge in [0.1, 0.15) is 11.2 Å². The molecule has 4 aromatic heterocycles. The first-order valence-electron chi connectivity index (χ1n) is 18.2. The molecule has 0 N–H and O–H groups in total. The number of fused-ring (bicyclic) bond motifs is 11. The number of benzene rings is 6. The third-order valence-electron chi connectivity index (χ3n) is 10.9. The first-order valence-corrected chi connectivity index (χ1v) is 19.0. The SMILES string of the molecule is CC1CC=Cc2c1n(-c1ccc(-c3nc(-c4ccc(-c5ccccc5)cc4)c4ncccc4n3)cc1)c1c3ccccc3c3c4ccccc4sc3c21. The molecule has 5 heteroatoms. The highest BCUT2D eigenvalue weighted by Gasteiger charge is 2.28. The summed E-state index contributed by atoms with van der Waals surface area (Å²) in [7, 11) is 0. The molecular weight excluding hydrogens is 665 g/mol. The highest BCUT2D eigenvalue weighted by molar-refractivity contribution is 7.27. The van der Waals surface area contributed by atoms with Gasteiger partial charge < -0.3 is 4.57 Å². The van der Waals surface area contributed by atoms with E-state index < -0.39 is 0 Å². The van der Waals surface area contributed by atoms with Crippen LogP contribution in [0, 0.1) is 0 Å². The largest absolute Gasteiger partial charge is 0.312 e. The Morgan fingerprint density at radius 2 is 1.32 bits per heavy atom. The van der Waals surface area contributed by atoms with Crippen LogP contribution in [0.15, 0.2) is 152 Å². The summed E-state index contributed by atoms with van der Waals surface area (Å²) in [6, 6.07) is 49.7. The van der Waals surface area contributed by atoms with Crippen LogP contribution in [0.25, 0.3) is 98.4 Å². The van der Waals surface area contributed by atoms with Gasteiger partial charge in [0.25, 0.3) is 0 Å². The second-order valence-electron chi connectivity index (χ2n) is 14.0. The average Bonchev–Trinajstić information content (AvgIpc) is 3.79. The van der Waals surface area contributed by atoms with E-state index in [1.165, 1.54) is 64.2 Å². The Labute approximate surface area is 310 Å². The van der Waals surface area contributed by atoms with Crippen LogP contribution in [0.4, 0.5) is 0 Å². The number of hydrogen-bond donors (Lipinski definition) is 0. The van der Waals surface area contributed by atoms with Crippen LogP contribution in [0.3, 0.4) is 0 Å². The molecule has 53 heavy (non-hydrogen) atoms. The molecule has 0 amide bonds. The van der Waals surface area contributed by atoms with E-state index >= 15 is 0 Å². The van der Waals surface area contributed by atoms with Gasteiger partial charge in [-0.05, 0) is 65.4 Å². The van der Waals surface area contributed by atoms with E-state index in [0.29, 0.717) is 11.7 Å². The van der Waals surface area contributed by atoms with Crippen molar-refractivity contribution in [1.29, 1.82) is 0 Å². The smallest absolute Gasteiger partial charge is 0.160 e. The summed E-state index contributed by atoms with van der Waals surface area (Å²) in [6.07, 6.45) is 7.55. The van der Waals surface area contributed by atoms with Gasteiger partial charge >= 0.3 is 0 Å². The second-order valence-corrected chi connectivity index (χ2v) is 15.1. The lowest BCUT2D eigenvalue weighted by atomic mass is 9.92. The minimum atomic E-state index is 0.373. The highest BCUT2D eigenvalue weighted by atomic mass is 32.1. The predicted octanol–water partition coefficient (Wildman–Crippen LogP) is 13.0. The van der Waals surface area contributed by atoms with Gasteiger partial charge in [0, 0.05) is 71.1 Å². The fourth-order valence-corrected chi connectivity index (χ4v) is 9.70. The molecule has 0 saturated heterocycles. The van der Waals surface area contributed by atoms with Crippen molar-refractivity contribution in [3.8, 4) is 39.5 Å². The first kappa shape index (κ1) is 30.2. The van der Waals surface area contributed by atoms with Crippen LogP contribution in [0.2, 0.25) is 0 Å². The third kappa shape index (κ3) is 4.64. The topological polar surface area (TPSA) is 43.6 Å². The molecule has 0 radical (unpaired) electrons. The minimum Gasteiger partial charge on any atom is -0.312 e. The third-order valence-corrected chi connectivity index (χ3v) is 12.1. The van der Waals surface area contributed by atoms with Crippen LogP contribution in [-0.4, -0.2) is 19.5 Å². The van der Waals surface area contributed by atoms with Gasteiger partial charge in [-0.15, -0.1) is 11.3 Å². The zero-order valence-corrected chi connectivity index (χ0v) is 29.8. The van der Waals surface area contributed by atoms with Crippen LogP contribution >= 0.6 is 11.3 Å². The Hall–Kier alpha value is -6.43. The monoisotopic (exact) mass is 696 g/mol. The normalized spacial score (nSPS) is 14.2. The van der Waals surface area contributed by atoms with E-state index in [-0.39, 0.29) is 0 Å². The van der Waals surface area contributed by atoms with Gasteiger partial charge in [0.2, 0.25) is 0 Å². The average molecular weight is 697 g/mol. The Morgan fingerprint density at radius 3 is 2.15 bits per heavy atom. The molecule has 11 rings (SSSR count). The van der Waals surface area contributed by atoms with Crippen molar-refractivity contribution in [2.24, 2.45) is 0 Å². The van der Waals surface area contributed by atoms with Gasteiger partial charge in [-0.3, -0.25) is 4.98 Å². The fourth-order valence-electron chi connectivity index (χ4n) is 8.42. The Balaban J connectivity index is 1.09. The molecule has 6 aromatic carbocycles. The second kappa shape index (κ2) is 11.8. The molecule has 250 valence electrons. The number of rotatable bonds is 4. The number of pyridine rings is 1. The summed E-state index contributed by atoms with van der Waals surface area (Å²) in [5, 5.41) is 6.64. The molecule has 1 aliphatic rings. The first-order chi connectivity index (χ1) is 26.2. The maximum Gasteiger partial charge on any atom is 0.160 e. The van der Waals surface area contributed by atoms with E-state index in [2.05, 4.69) is 145 Å². The lowest BCUT2D eigenvalue weighted by Crippen LogP contribution is -2.07. The fraction of sp³-hybridized carbons (Fsp3) is 0.0625. The summed E-state index contributed by atoms with van der Waals surface area (Å²) < 4.78 is 5.24. The molecule has 0 aliphatic heterocycles. The number of aromatic nitrogens is 4. The summed E-state index contributed by atoms with van der Waals surface area (Å²) >= 11 is 1.92. The van der Waals surface area contributed by atoms with Gasteiger partial charge in [0.05, 0.1) is 11.0 Å². The van der Waals surface area contributed by atoms with Crippen LogP contribution in [0.1, 0.15) is 30.5 Å². The molecule has 1 aliphatic carbocycles. The number of hydrogen-bond acceptors (Lipinski definition) is 4. The summed E-state index contributed by atoms with van der Waals surface area (Å²) in [5.74, 6) is 1.06. The standard InChI is InChI=1S/C48H32N4S/c1-29-11-9-17-38-42-46(36-15-6-5-14-35(36)41-37-16-7-8-19-40(37)53-47(41)42)52(45(29)38)34-26-24-33(25-27-34)48-50-39-18-10-28-49-44(39)43(51-48)32-22-20-31(21-23-32)30-12-3-2-4-13-30/h2-10,12-29H,11H2,1H3. The molecule has 1 atom stereocenters. The molecule has 0 fully saturated rings. The van der Waals surface area contributed by atoms with Crippen molar-refractivity contribution >= 4 is 70.3 Å². The zero-order chi connectivity index (χ0) is 35.0. The summed E-state index contributed by atoms with van der Waals surface area (Å²) in [4.78, 5) is 14.9. The van der Waals surface area contributed by atoms with Crippen molar-refractivity contribution in [3.05, 3.63) is 163 Å². The van der Waals surface area contributed by atoms with E-state index in [4.69, 9.17) is 15.0 Å². The maximum absolute atomic E-state index is 5.18. The van der Waals surface area contributed by atoms with Gasteiger partial charge in [-0.1, -0.05) is 116 Å². The molecule has 4 nitrogen and oxygen atoms in total. The number of allylic oxidation sites excluding steroid dienone is 1. The minimum absolute atomic E-state index is 0.373. The van der Waals surface area contributed by atoms with Crippen LogP contribution in [0.5, 0.6) is 0 Å². The Kier molecular flexibility index (Phi) is 6.73. The molecule has 4 heterocycles.